The standard InChI is InChI=1S/C14H17BrN2O/c1-3-17(9-11(2)8-16)10-14(18)12-4-6-13(15)7-5-12/h4-7,11H,3,9-10H2,1-2H3. The molecule has 1 rings (SSSR count). The lowest BCUT2D eigenvalue weighted by Gasteiger charge is -2.20. The highest BCUT2D eigenvalue weighted by Crippen LogP contribution is 2.11. The lowest BCUT2D eigenvalue weighted by Crippen LogP contribution is -2.33. The number of Topliss-reactive ketones (excluding diaryl/α,β-unsaturated/α-hetero) is 1. The molecule has 0 saturated heterocycles. The van der Waals surface area contributed by atoms with Crippen molar-refractivity contribution in [2.24, 2.45) is 5.92 Å². The van der Waals surface area contributed by atoms with E-state index in [0.717, 1.165) is 11.0 Å². The van der Waals surface area contributed by atoms with Gasteiger partial charge in [-0.05, 0) is 25.6 Å². The highest BCUT2D eigenvalue weighted by molar-refractivity contribution is 9.10. The Labute approximate surface area is 117 Å². The van der Waals surface area contributed by atoms with Crippen LogP contribution in [0.25, 0.3) is 0 Å². The molecular formula is C14H17BrN2O. The molecule has 0 aliphatic rings. The minimum Gasteiger partial charge on any atom is -0.295 e. The topological polar surface area (TPSA) is 44.1 Å². The Balaban J connectivity index is 2.62. The van der Waals surface area contributed by atoms with Gasteiger partial charge in [-0.1, -0.05) is 35.0 Å². The number of nitrogens with zero attached hydrogens (tertiary/aromatic N) is 2. The average molecular weight is 309 g/mol. The second-order valence-electron chi connectivity index (χ2n) is 4.29. The average Bonchev–Trinajstić information content (AvgIpc) is 2.38. The Morgan fingerprint density at radius 3 is 2.56 bits per heavy atom. The molecule has 1 aromatic carbocycles. The summed E-state index contributed by atoms with van der Waals surface area (Å²) in [5.41, 5.74) is 0.710. The molecule has 0 spiro atoms. The summed E-state index contributed by atoms with van der Waals surface area (Å²) >= 11 is 3.34. The van der Waals surface area contributed by atoms with Crippen LogP contribution in [-0.4, -0.2) is 30.3 Å². The van der Waals surface area contributed by atoms with Crippen molar-refractivity contribution in [1.29, 1.82) is 5.26 Å². The molecule has 4 heteroatoms. The molecule has 0 amide bonds. The van der Waals surface area contributed by atoms with Crippen molar-refractivity contribution in [1.82, 2.24) is 4.90 Å². The molecule has 0 saturated carbocycles. The Morgan fingerprint density at radius 2 is 2.06 bits per heavy atom. The molecule has 1 unspecified atom stereocenters. The molecule has 0 bridgehead atoms. The predicted octanol–water partition coefficient (Wildman–Crippen LogP) is 3.11. The van der Waals surface area contributed by atoms with Crippen LogP contribution in [0.2, 0.25) is 0 Å². The fourth-order valence-electron chi connectivity index (χ4n) is 1.66. The monoisotopic (exact) mass is 308 g/mol. The normalized spacial score (nSPS) is 12.2. The second-order valence-corrected chi connectivity index (χ2v) is 5.20. The molecule has 1 atom stereocenters. The molecule has 1 aromatic rings. The van der Waals surface area contributed by atoms with E-state index in [1.807, 2.05) is 43.0 Å². The van der Waals surface area contributed by atoms with Crippen molar-refractivity contribution >= 4 is 21.7 Å². The Kier molecular flexibility index (Phi) is 6.03. The van der Waals surface area contributed by atoms with Crippen LogP contribution in [0.3, 0.4) is 0 Å². The summed E-state index contributed by atoms with van der Waals surface area (Å²) in [6, 6.07) is 9.54. The van der Waals surface area contributed by atoms with Crippen LogP contribution in [0.4, 0.5) is 0 Å². The van der Waals surface area contributed by atoms with Crippen LogP contribution >= 0.6 is 15.9 Å². The summed E-state index contributed by atoms with van der Waals surface area (Å²) in [6.45, 7) is 5.64. The molecule has 96 valence electrons. The number of hydrogen-bond donors (Lipinski definition) is 0. The van der Waals surface area contributed by atoms with E-state index in [1.54, 1.807) is 0 Å². The molecule has 0 aliphatic carbocycles. The number of hydrogen-bond acceptors (Lipinski definition) is 3. The van der Waals surface area contributed by atoms with Gasteiger partial charge in [0.15, 0.2) is 5.78 Å². The first-order valence-corrected chi connectivity index (χ1v) is 6.76. The Bertz CT molecular complexity index is 436. The van der Waals surface area contributed by atoms with E-state index < -0.39 is 0 Å². The van der Waals surface area contributed by atoms with Crippen molar-refractivity contribution in [3.05, 3.63) is 34.3 Å². The van der Waals surface area contributed by atoms with Crippen LogP contribution in [0.15, 0.2) is 28.7 Å². The van der Waals surface area contributed by atoms with Gasteiger partial charge in [0.1, 0.15) is 0 Å². The summed E-state index contributed by atoms with van der Waals surface area (Å²) in [6.07, 6.45) is 0. The molecule has 0 N–H and O–H groups in total. The maximum atomic E-state index is 12.1. The van der Waals surface area contributed by atoms with Crippen molar-refractivity contribution in [3.8, 4) is 6.07 Å². The number of benzene rings is 1. The SMILES string of the molecule is CCN(CC(=O)c1ccc(Br)cc1)CC(C)C#N. The number of carbonyl (C=O) groups excluding carboxylic acids is 1. The number of nitriles is 1. The Hall–Kier alpha value is -1.18. The summed E-state index contributed by atoms with van der Waals surface area (Å²) in [5, 5.41) is 8.79. The minimum absolute atomic E-state index is 0.0531. The van der Waals surface area contributed by atoms with E-state index in [4.69, 9.17) is 5.26 Å². The molecule has 0 aliphatic heterocycles. The van der Waals surface area contributed by atoms with E-state index in [9.17, 15) is 4.79 Å². The van der Waals surface area contributed by atoms with E-state index >= 15 is 0 Å². The van der Waals surface area contributed by atoms with E-state index in [1.165, 1.54) is 0 Å². The molecular weight excluding hydrogens is 292 g/mol. The first kappa shape index (κ1) is 14.9. The number of likely N-dealkylation sites (N-methyl/N-ethyl adjacent to an activating group) is 1. The summed E-state index contributed by atoms with van der Waals surface area (Å²) in [4.78, 5) is 14.1. The fourth-order valence-corrected chi connectivity index (χ4v) is 1.93. The lowest BCUT2D eigenvalue weighted by molar-refractivity contribution is 0.0929. The van der Waals surface area contributed by atoms with E-state index in [2.05, 4.69) is 22.0 Å². The van der Waals surface area contributed by atoms with Crippen LogP contribution in [0.5, 0.6) is 0 Å². The zero-order valence-electron chi connectivity index (χ0n) is 10.7. The van der Waals surface area contributed by atoms with Gasteiger partial charge in [-0.15, -0.1) is 0 Å². The van der Waals surface area contributed by atoms with Crippen LogP contribution in [0, 0.1) is 17.2 Å². The number of ketones is 1. The van der Waals surface area contributed by atoms with Crippen molar-refractivity contribution in [3.63, 3.8) is 0 Å². The number of rotatable bonds is 6. The van der Waals surface area contributed by atoms with Crippen molar-refractivity contribution in [2.75, 3.05) is 19.6 Å². The minimum atomic E-state index is -0.0531. The van der Waals surface area contributed by atoms with E-state index in [-0.39, 0.29) is 11.7 Å². The number of halogens is 1. The van der Waals surface area contributed by atoms with Crippen LogP contribution in [-0.2, 0) is 0 Å². The van der Waals surface area contributed by atoms with Crippen LogP contribution < -0.4 is 0 Å². The third kappa shape index (κ3) is 4.59. The van der Waals surface area contributed by atoms with Gasteiger partial charge in [0, 0.05) is 16.6 Å². The molecule has 0 radical (unpaired) electrons. The maximum absolute atomic E-state index is 12.1. The highest BCUT2D eigenvalue weighted by atomic mass is 79.9. The Morgan fingerprint density at radius 1 is 1.44 bits per heavy atom. The van der Waals surface area contributed by atoms with E-state index in [0.29, 0.717) is 18.7 Å². The van der Waals surface area contributed by atoms with Crippen molar-refractivity contribution in [2.45, 2.75) is 13.8 Å². The van der Waals surface area contributed by atoms with Crippen molar-refractivity contribution < 1.29 is 4.79 Å². The lowest BCUT2D eigenvalue weighted by atomic mass is 10.1. The zero-order chi connectivity index (χ0) is 13.5. The fraction of sp³-hybridized carbons (Fsp3) is 0.429. The number of carbonyl (C=O) groups is 1. The molecule has 3 nitrogen and oxygen atoms in total. The van der Waals surface area contributed by atoms with Gasteiger partial charge < -0.3 is 0 Å². The first-order chi connectivity index (χ1) is 8.56. The smallest absolute Gasteiger partial charge is 0.176 e. The summed E-state index contributed by atoms with van der Waals surface area (Å²) < 4.78 is 0.963. The molecule has 0 heterocycles. The second kappa shape index (κ2) is 7.30. The molecule has 18 heavy (non-hydrogen) atoms. The summed E-state index contributed by atoms with van der Waals surface area (Å²) in [5.74, 6) is 0.0390. The predicted molar refractivity (Wildman–Crippen MR) is 75.4 cm³/mol. The van der Waals surface area contributed by atoms with Gasteiger partial charge in [0.25, 0.3) is 0 Å². The third-order valence-electron chi connectivity index (χ3n) is 2.73. The van der Waals surface area contributed by atoms with Crippen LogP contribution in [0.1, 0.15) is 24.2 Å². The van der Waals surface area contributed by atoms with Gasteiger partial charge in [0.2, 0.25) is 0 Å². The largest absolute Gasteiger partial charge is 0.295 e. The highest BCUT2D eigenvalue weighted by Gasteiger charge is 2.13. The van der Waals surface area contributed by atoms with Gasteiger partial charge >= 0.3 is 0 Å². The summed E-state index contributed by atoms with van der Waals surface area (Å²) in [7, 11) is 0. The molecule has 0 fully saturated rings. The van der Waals surface area contributed by atoms with Gasteiger partial charge in [-0.25, -0.2) is 0 Å². The van der Waals surface area contributed by atoms with Gasteiger partial charge in [-0.3, -0.25) is 9.69 Å². The maximum Gasteiger partial charge on any atom is 0.176 e. The zero-order valence-corrected chi connectivity index (χ0v) is 12.3. The third-order valence-corrected chi connectivity index (χ3v) is 3.26. The molecule has 0 aromatic heterocycles. The first-order valence-electron chi connectivity index (χ1n) is 5.97. The quantitative estimate of drug-likeness (QED) is 0.758. The van der Waals surface area contributed by atoms with Gasteiger partial charge in [0.05, 0.1) is 18.5 Å². The van der Waals surface area contributed by atoms with Gasteiger partial charge in [-0.2, -0.15) is 5.26 Å².